The summed E-state index contributed by atoms with van der Waals surface area (Å²) in [5.74, 6) is 0.824. The minimum atomic E-state index is 0.521. The van der Waals surface area contributed by atoms with Gasteiger partial charge in [0.2, 0.25) is 0 Å². The molecular formula is C11H17BrClN3. The molecule has 0 fully saturated rings. The van der Waals surface area contributed by atoms with Crippen LogP contribution < -0.4 is 0 Å². The average Bonchev–Trinajstić information content (AvgIpc) is 2.22. The van der Waals surface area contributed by atoms with Gasteiger partial charge in [0, 0.05) is 13.0 Å². The van der Waals surface area contributed by atoms with Gasteiger partial charge >= 0.3 is 0 Å². The van der Waals surface area contributed by atoms with Crippen LogP contribution in [-0.4, -0.2) is 35.5 Å². The summed E-state index contributed by atoms with van der Waals surface area (Å²) in [4.78, 5) is 10.9. The molecule has 0 radical (unpaired) electrons. The Hall–Kier alpha value is -0.190. The molecule has 0 aliphatic rings. The Bertz CT molecular complexity index is 355. The standard InChI is InChI=1S/C11H17BrClN3/c1-4-5-8-10(12)11(13)15-9(14-8)6-7-16(2)3/h4-7H2,1-3H3. The molecule has 90 valence electrons. The van der Waals surface area contributed by atoms with E-state index in [-0.39, 0.29) is 0 Å². The van der Waals surface area contributed by atoms with Gasteiger partial charge in [-0.25, -0.2) is 9.97 Å². The van der Waals surface area contributed by atoms with Crippen LogP contribution in [0.4, 0.5) is 0 Å². The second kappa shape index (κ2) is 6.52. The lowest BCUT2D eigenvalue weighted by molar-refractivity contribution is 0.409. The maximum absolute atomic E-state index is 6.06. The van der Waals surface area contributed by atoms with Crippen LogP contribution in [0.1, 0.15) is 24.9 Å². The fourth-order valence-electron chi connectivity index (χ4n) is 1.35. The molecule has 1 aromatic heterocycles. The van der Waals surface area contributed by atoms with E-state index in [1.807, 2.05) is 14.1 Å². The molecule has 0 aromatic carbocycles. The highest BCUT2D eigenvalue weighted by Crippen LogP contribution is 2.24. The number of hydrogen-bond donors (Lipinski definition) is 0. The SMILES string of the molecule is CCCc1nc(CCN(C)C)nc(Cl)c1Br. The van der Waals surface area contributed by atoms with Crippen LogP contribution in [-0.2, 0) is 12.8 Å². The van der Waals surface area contributed by atoms with Crippen molar-refractivity contribution < 1.29 is 0 Å². The summed E-state index contributed by atoms with van der Waals surface area (Å²) in [5, 5.41) is 0.521. The number of hydrogen-bond acceptors (Lipinski definition) is 3. The van der Waals surface area contributed by atoms with Gasteiger partial charge in [0.15, 0.2) is 0 Å². The fraction of sp³-hybridized carbons (Fsp3) is 0.636. The molecule has 0 bridgehead atoms. The molecule has 0 amide bonds. The lowest BCUT2D eigenvalue weighted by atomic mass is 10.2. The molecule has 0 spiro atoms. The van der Waals surface area contributed by atoms with Crippen LogP contribution in [0.5, 0.6) is 0 Å². The van der Waals surface area contributed by atoms with Gasteiger partial charge in [-0.05, 0) is 36.4 Å². The molecule has 3 nitrogen and oxygen atoms in total. The Morgan fingerprint density at radius 3 is 2.50 bits per heavy atom. The van der Waals surface area contributed by atoms with Crippen molar-refractivity contribution in [3.05, 3.63) is 21.1 Å². The van der Waals surface area contributed by atoms with E-state index in [0.29, 0.717) is 5.15 Å². The van der Waals surface area contributed by atoms with Crippen LogP contribution in [0.25, 0.3) is 0 Å². The molecule has 0 aliphatic carbocycles. The molecule has 0 unspecified atom stereocenters. The van der Waals surface area contributed by atoms with Crippen molar-refractivity contribution in [2.24, 2.45) is 0 Å². The molecule has 1 aromatic rings. The van der Waals surface area contributed by atoms with E-state index in [1.54, 1.807) is 0 Å². The van der Waals surface area contributed by atoms with Gasteiger partial charge in [-0.2, -0.15) is 0 Å². The first kappa shape index (κ1) is 13.9. The Labute approximate surface area is 110 Å². The summed E-state index contributed by atoms with van der Waals surface area (Å²) >= 11 is 9.49. The maximum atomic E-state index is 6.06. The van der Waals surface area contributed by atoms with Gasteiger partial charge < -0.3 is 4.90 Å². The first-order valence-electron chi connectivity index (χ1n) is 5.40. The third-order valence-corrected chi connectivity index (χ3v) is 3.53. The third-order valence-electron chi connectivity index (χ3n) is 2.20. The van der Waals surface area contributed by atoms with Crippen molar-refractivity contribution in [3.8, 4) is 0 Å². The van der Waals surface area contributed by atoms with E-state index < -0.39 is 0 Å². The molecule has 16 heavy (non-hydrogen) atoms. The van der Waals surface area contributed by atoms with Crippen molar-refractivity contribution >= 4 is 27.5 Å². The Kier molecular flexibility index (Phi) is 5.66. The summed E-state index contributed by atoms with van der Waals surface area (Å²) in [5.41, 5.74) is 1.01. The summed E-state index contributed by atoms with van der Waals surface area (Å²) in [6.07, 6.45) is 2.81. The minimum absolute atomic E-state index is 0.521. The number of likely N-dealkylation sites (N-methyl/N-ethyl adjacent to an activating group) is 1. The Balaban J connectivity index is 2.86. The number of aryl methyl sites for hydroxylation is 1. The number of aromatic nitrogens is 2. The van der Waals surface area contributed by atoms with E-state index in [0.717, 1.165) is 41.8 Å². The lowest BCUT2D eigenvalue weighted by Gasteiger charge is -2.10. The number of halogens is 2. The van der Waals surface area contributed by atoms with Crippen LogP contribution in [0, 0.1) is 0 Å². The van der Waals surface area contributed by atoms with E-state index in [2.05, 4.69) is 37.7 Å². The Morgan fingerprint density at radius 2 is 1.94 bits per heavy atom. The number of nitrogens with zero attached hydrogens (tertiary/aromatic N) is 3. The van der Waals surface area contributed by atoms with E-state index >= 15 is 0 Å². The summed E-state index contributed by atoms with van der Waals surface area (Å²) in [6.45, 7) is 3.06. The zero-order valence-corrected chi connectivity index (χ0v) is 12.3. The van der Waals surface area contributed by atoms with E-state index in [1.165, 1.54) is 0 Å². The highest BCUT2D eigenvalue weighted by Gasteiger charge is 2.10. The zero-order valence-electron chi connectivity index (χ0n) is 9.93. The van der Waals surface area contributed by atoms with E-state index in [4.69, 9.17) is 11.6 Å². The molecular weight excluding hydrogens is 289 g/mol. The van der Waals surface area contributed by atoms with Gasteiger partial charge in [-0.15, -0.1) is 0 Å². The summed E-state index contributed by atoms with van der Waals surface area (Å²) < 4.78 is 0.838. The second-order valence-electron chi connectivity index (χ2n) is 3.99. The first-order chi connectivity index (χ1) is 7.54. The molecule has 1 heterocycles. The number of rotatable bonds is 5. The van der Waals surface area contributed by atoms with E-state index in [9.17, 15) is 0 Å². The highest BCUT2D eigenvalue weighted by molar-refractivity contribution is 9.10. The Morgan fingerprint density at radius 1 is 1.25 bits per heavy atom. The van der Waals surface area contributed by atoms with Gasteiger partial charge in [-0.3, -0.25) is 0 Å². The average molecular weight is 307 g/mol. The second-order valence-corrected chi connectivity index (χ2v) is 5.15. The normalized spacial score (nSPS) is 11.1. The molecule has 0 N–H and O–H groups in total. The van der Waals surface area contributed by atoms with Crippen molar-refractivity contribution in [1.29, 1.82) is 0 Å². The molecule has 1 rings (SSSR count). The smallest absolute Gasteiger partial charge is 0.147 e. The van der Waals surface area contributed by atoms with Crippen LogP contribution in [0.2, 0.25) is 5.15 Å². The summed E-state index contributed by atoms with van der Waals surface area (Å²) in [6, 6.07) is 0. The first-order valence-corrected chi connectivity index (χ1v) is 6.57. The van der Waals surface area contributed by atoms with Gasteiger partial charge in [-0.1, -0.05) is 24.9 Å². The largest absolute Gasteiger partial charge is 0.309 e. The summed E-state index contributed by atoms with van der Waals surface area (Å²) in [7, 11) is 4.07. The quantitative estimate of drug-likeness (QED) is 0.783. The van der Waals surface area contributed by atoms with Crippen LogP contribution in [0.3, 0.4) is 0 Å². The van der Waals surface area contributed by atoms with Crippen molar-refractivity contribution in [2.75, 3.05) is 20.6 Å². The highest BCUT2D eigenvalue weighted by atomic mass is 79.9. The predicted molar refractivity (Wildman–Crippen MR) is 71.0 cm³/mol. The molecule has 0 saturated heterocycles. The van der Waals surface area contributed by atoms with Crippen LogP contribution in [0.15, 0.2) is 4.47 Å². The zero-order chi connectivity index (χ0) is 12.1. The van der Waals surface area contributed by atoms with Crippen molar-refractivity contribution in [2.45, 2.75) is 26.2 Å². The molecule has 5 heteroatoms. The van der Waals surface area contributed by atoms with Crippen LogP contribution >= 0.6 is 27.5 Å². The van der Waals surface area contributed by atoms with Crippen molar-refractivity contribution in [1.82, 2.24) is 14.9 Å². The van der Waals surface area contributed by atoms with Gasteiger partial charge in [0.1, 0.15) is 11.0 Å². The van der Waals surface area contributed by atoms with Gasteiger partial charge in [0.05, 0.1) is 10.2 Å². The minimum Gasteiger partial charge on any atom is -0.309 e. The van der Waals surface area contributed by atoms with Gasteiger partial charge in [0.25, 0.3) is 0 Å². The molecule has 0 atom stereocenters. The molecule has 0 aliphatic heterocycles. The van der Waals surface area contributed by atoms with Crippen molar-refractivity contribution in [3.63, 3.8) is 0 Å². The fourth-order valence-corrected chi connectivity index (χ4v) is 1.93. The molecule has 0 saturated carbocycles. The lowest BCUT2D eigenvalue weighted by Crippen LogP contribution is -2.17. The topological polar surface area (TPSA) is 29.0 Å². The monoisotopic (exact) mass is 305 g/mol. The maximum Gasteiger partial charge on any atom is 0.147 e. The predicted octanol–water partition coefficient (Wildman–Crippen LogP) is 2.95. The third kappa shape index (κ3) is 4.00.